The van der Waals surface area contributed by atoms with Crippen molar-refractivity contribution in [3.63, 3.8) is 0 Å². The molecule has 0 unspecified atom stereocenters. The Balaban J connectivity index is 2.05. The molecule has 0 aliphatic carbocycles. The van der Waals surface area contributed by atoms with Crippen molar-refractivity contribution < 1.29 is 23.7 Å². The number of fused-ring (bicyclic) bond motifs is 1. The summed E-state index contributed by atoms with van der Waals surface area (Å²) < 4.78 is 22.7. The molecule has 2 aliphatic heterocycles. The summed E-state index contributed by atoms with van der Waals surface area (Å²) in [6, 6.07) is 0. The fraction of sp³-hybridized carbons (Fsp3) is 0.923. The Morgan fingerprint density at radius 2 is 2.00 bits per heavy atom. The van der Waals surface area contributed by atoms with E-state index in [-0.39, 0.29) is 24.5 Å². The molecule has 0 aromatic heterocycles. The highest BCUT2D eigenvalue weighted by Crippen LogP contribution is 2.44. The van der Waals surface area contributed by atoms with Gasteiger partial charge in [-0.15, -0.1) is 0 Å². The van der Waals surface area contributed by atoms with Crippen molar-refractivity contribution in [2.75, 3.05) is 0 Å². The second kappa shape index (κ2) is 4.47. The molecule has 0 amide bonds. The summed E-state index contributed by atoms with van der Waals surface area (Å²) in [6.07, 6.45) is 0.659. The molecule has 0 N–H and O–H groups in total. The predicted octanol–water partition coefficient (Wildman–Crippen LogP) is 1.98. The molecule has 4 atom stereocenters. The van der Waals surface area contributed by atoms with E-state index in [1.165, 1.54) is 6.92 Å². The van der Waals surface area contributed by atoms with Crippen molar-refractivity contribution in [3.8, 4) is 0 Å². The first kappa shape index (κ1) is 13.8. The molecule has 0 spiro atoms. The fourth-order valence-corrected chi connectivity index (χ4v) is 2.80. The number of hydrogen-bond donors (Lipinski definition) is 0. The highest BCUT2D eigenvalue weighted by atomic mass is 16.8. The van der Waals surface area contributed by atoms with Gasteiger partial charge in [-0.25, -0.2) is 0 Å². The van der Waals surface area contributed by atoms with Gasteiger partial charge in [-0.05, 0) is 27.2 Å². The number of carbonyl (C=O) groups is 1. The van der Waals surface area contributed by atoms with Crippen LogP contribution in [0, 0.1) is 0 Å². The first-order valence-corrected chi connectivity index (χ1v) is 6.46. The topological polar surface area (TPSA) is 54.0 Å². The summed E-state index contributed by atoms with van der Waals surface area (Å²) in [5.74, 6) is -0.884. The van der Waals surface area contributed by atoms with Gasteiger partial charge in [0, 0.05) is 13.3 Å². The first-order valence-electron chi connectivity index (χ1n) is 6.46. The third-order valence-corrected chi connectivity index (χ3v) is 3.49. The summed E-state index contributed by atoms with van der Waals surface area (Å²) in [6.45, 7) is 9.08. The Bertz CT molecular complexity index is 322. The highest BCUT2D eigenvalue weighted by Gasteiger charge is 2.56. The average Bonchev–Trinajstić information content (AvgIpc) is 2.63. The molecule has 2 fully saturated rings. The van der Waals surface area contributed by atoms with Gasteiger partial charge in [0.25, 0.3) is 0 Å². The Morgan fingerprint density at radius 3 is 2.50 bits per heavy atom. The van der Waals surface area contributed by atoms with E-state index in [0.29, 0.717) is 12.8 Å². The van der Waals surface area contributed by atoms with Crippen LogP contribution in [0.15, 0.2) is 0 Å². The van der Waals surface area contributed by atoms with Crippen LogP contribution in [0.25, 0.3) is 0 Å². The lowest BCUT2D eigenvalue weighted by Crippen LogP contribution is -2.43. The van der Waals surface area contributed by atoms with Gasteiger partial charge < -0.3 is 18.9 Å². The standard InChI is InChI=1S/C13H22O5/c1-6-10(15-8(2)14)13(5)7-9-11(18-13)17-12(3,4)16-9/h9-11H,6-7H2,1-5H3/t9-,10+,11+,13+/m1/s1. The zero-order valence-electron chi connectivity index (χ0n) is 11.7. The molecular formula is C13H22O5. The zero-order chi connectivity index (χ0) is 13.6. The quantitative estimate of drug-likeness (QED) is 0.724. The smallest absolute Gasteiger partial charge is 0.303 e. The average molecular weight is 258 g/mol. The van der Waals surface area contributed by atoms with Crippen LogP contribution in [0.3, 0.4) is 0 Å². The predicted molar refractivity (Wildman–Crippen MR) is 63.8 cm³/mol. The number of carbonyl (C=O) groups excluding carboxylic acids is 1. The second-order valence-electron chi connectivity index (χ2n) is 5.68. The maximum Gasteiger partial charge on any atom is 0.303 e. The molecule has 0 aromatic rings. The van der Waals surface area contributed by atoms with Gasteiger partial charge in [-0.3, -0.25) is 4.79 Å². The van der Waals surface area contributed by atoms with Gasteiger partial charge in [0.05, 0.1) is 0 Å². The summed E-state index contributed by atoms with van der Waals surface area (Å²) >= 11 is 0. The molecule has 0 radical (unpaired) electrons. The number of ether oxygens (including phenoxy) is 4. The Kier molecular flexibility index (Phi) is 3.42. The van der Waals surface area contributed by atoms with Gasteiger partial charge in [0.2, 0.25) is 0 Å². The van der Waals surface area contributed by atoms with Crippen molar-refractivity contribution in [1.82, 2.24) is 0 Å². The van der Waals surface area contributed by atoms with E-state index >= 15 is 0 Å². The van der Waals surface area contributed by atoms with Crippen molar-refractivity contribution >= 4 is 5.97 Å². The van der Waals surface area contributed by atoms with Crippen LogP contribution >= 0.6 is 0 Å². The highest BCUT2D eigenvalue weighted by molar-refractivity contribution is 5.66. The molecule has 0 bridgehead atoms. The molecule has 2 aliphatic rings. The molecule has 2 heterocycles. The lowest BCUT2D eigenvalue weighted by Gasteiger charge is -2.33. The minimum Gasteiger partial charge on any atom is -0.460 e. The van der Waals surface area contributed by atoms with E-state index in [9.17, 15) is 4.79 Å². The maximum absolute atomic E-state index is 11.1. The molecular weight excluding hydrogens is 236 g/mol. The minimum atomic E-state index is -0.597. The van der Waals surface area contributed by atoms with Gasteiger partial charge in [-0.2, -0.15) is 0 Å². The van der Waals surface area contributed by atoms with Crippen LogP contribution < -0.4 is 0 Å². The maximum atomic E-state index is 11.1. The molecule has 5 heteroatoms. The number of hydrogen-bond acceptors (Lipinski definition) is 5. The molecule has 0 aromatic carbocycles. The van der Waals surface area contributed by atoms with E-state index < -0.39 is 11.4 Å². The van der Waals surface area contributed by atoms with Crippen LogP contribution in [-0.2, 0) is 23.7 Å². The summed E-state index contributed by atoms with van der Waals surface area (Å²) in [4.78, 5) is 11.1. The van der Waals surface area contributed by atoms with Crippen LogP contribution in [0.1, 0.15) is 47.5 Å². The second-order valence-corrected chi connectivity index (χ2v) is 5.68. The Hall–Kier alpha value is -0.650. The van der Waals surface area contributed by atoms with E-state index in [1.807, 2.05) is 27.7 Å². The zero-order valence-corrected chi connectivity index (χ0v) is 11.7. The van der Waals surface area contributed by atoms with Crippen LogP contribution in [0.4, 0.5) is 0 Å². The molecule has 18 heavy (non-hydrogen) atoms. The van der Waals surface area contributed by atoms with Crippen molar-refractivity contribution in [2.24, 2.45) is 0 Å². The monoisotopic (exact) mass is 258 g/mol. The summed E-state index contributed by atoms with van der Waals surface area (Å²) in [7, 11) is 0. The molecule has 5 nitrogen and oxygen atoms in total. The lowest BCUT2D eigenvalue weighted by atomic mass is 9.92. The van der Waals surface area contributed by atoms with Crippen LogP contribution in [-0.4, -0.2) is 35.9 Å². The minimum absolute atomic E-state index is 0.0883. The van der Waals surface area contributed by atoms with Crippen LogP contribution in [0.5, 0.6) is 0 Å². The molecule has 104 valence electrons. The third-order valence-electron chi connectivity index (χ3n) is 3.49. The van der Waals surface area contributed by atoms with Gasteiger partial charge >= 0.3 is 5.97 Å². The summed E-state index contributed by atoms with van der Waals surface area (Å²) in [5.41, 5.74) is -0.535. The largest absolute Gasteiger partial charge is 0.460 e. The fourth-order valence-electron chi connectivity index (χ4n) is 2.80. The van der Waals surface area contributed by atoms with E-state index in [0.717, 1.165) is 0 Å². The number of esters is 1. The van der Waals surface area contributed by atoms with Gasteiger partial charge in [0.1, 0.15) is 17.8 Å². The van der Waals surface area contributed by atoms with E-state index in [1.54, 1.807) is 0 Å². The van der Waals surface area contributed by atoms with Gasteiger partial charge in [0.15, 0.2) is 12.1 Å². The SMILES string of the molecule is CC[C@H](OC(C)=O)[C@]1(C)C[C@H]2OC(C)(C)O[C@H]2O1. The van der Waals surface area contributed by atoms with Crippen LogP contribution in [0.2, 0.25) is 0 Å². The first-order chi connectivity index (χ1) is 8.26. The molecule has 0 saturated carbocycles. The number of rotatable bonds is 3. The molecule has 2 saturated heterocycles. The third kappa shape index (κ3) is 2.53. The van der Waals surface area contributed by atoms with Crippen molar-refractivity contribution in [2.45, 2.75) is 77.3 Å². The summed E-state index contributed by atoms with van der Waals surface area (Å²) in [5, 5.41) is 0. The normalized spacial score (nSPS) is 39.4. The Morgan fingerprint density at radius 1 is 1.33 bits per heavy atom. The van der Waals surface area contributed by atoms with Crippen molar-refractivity contribution in [3.05, 3.63) is 0 Å². The molecule has 2 rings (SSSR count). The lowest BCUT2D eigenvalue weighted by molar-refractivity contribution is -0.240. The van der Waals surface area contributed by atoms with Gasteiger partial charge in [-0.1, -0.05) is 6.92 Å². The van der Waals surface area contributed by atoms with E-state index in [4.69, 9.17) is 18.9 Å². The Labute approximate surface area is 108 Å². The van der Waals surface area contributed by atoms with E-state index in [2.05, 4.69) is 0 Å². The van der Waals surface area contributed by atoms with Crippen molar-refractivity contribution in [1.29, 1.82) is 0 Å².